The minimum absolute atomic E-state index is 0.0834. The van der Waals surface area contributed by atoms with Crippen molar-refractivity contribution in [2.45, 2.75) is 38.9 Å². The van der Waals surface area contributed by atoms with Crippen LogP contribution in [0.3, 0.4) is 0 Å². The van der Waals surface area contributed by atoms with Crippen molar-refractivity contribution in [3.05, 3.63) is 88.2 Å². The van der Waals surface area contributed by atoms with Gasteiger partial charge in [-0.1, -0.05) is 49.7 Å². The van der Waals surface area contributed by atoms with E-state index in [1.54, 1.807) is 12.1 Å². The zero-order chi connectivity index (χ0) is 25.7. The molecule has 0 saturated heterocycles. The van der Waals surface area contributed by atoms with Gasteiger partial charge in [-0.15, -0.1) is 0 Å². The predicted octanol–water partition coefficient (Wildman–Crippen LogP) is 7.77. The monoisotopic (exact) mass is 513 g/mol. The van der Waals surface area contributed by atoms with Gasteiger partial charge in [-0.2, -0.15) is 13.2 Å². The number of carbonyl (C=O) groups excluding carboxylic acids is 1. The number of nitrogens with one attached hydrogen (secondary N) is 2. The average Bonchev–Trinajstić information content (AvgIpc) is 2.96. The first-order valence-electron chi connectivity index (χ1n) is 11.4. The molecule has 1 atom stereocenters. The number of Topliss-reactive ketones (excluding diaryl/α,β-unsaturated/α-hetero) is 1. The maximum atomic E-state index is 13.3. The molecule has 0 saturated carbocycles. The molecule has 2 aromatic carbocycles. The molecule has 2 N–H and O–H groups in total. The third kappa shape index (κ3) is 4.78. The molecule has 1 unspecified atom stereocenters. The highest BCUT2D eigenvalue weighted by Crippen LogP contribution is 2.45. The standard InChI is InChI=1S/C27H23ClF3N3O2/c1-26(2)12-21-23(22(35)13-26)24(34-20-6-4-3-5-19(20)33-21)15-7-9-17(10-8-15)36-25-18(28)11-16(14-32-25)27(29,30)31/h3-11,14,24,33-34H,12-13H2,1-2H3. The predicted molar refractivity (Wildman–Crippen MR) is 132 cm³/mol. The summed E-state index contributed by atoms with van der Waals surface area (Å²) in [5, 5.41) is 6.75. The van der Waals surface area contributed by atoms with Gasteiger partial charge in [-0.25, -0.2) is 4.98 Å². The van der Waals surface area contributed by atoms with Gasteiger partial charge < -0.3 is 15.4 Å². The summed E-state index contributed by atoms with van der Waals surface area (Å²) in [6.07, 6.45) is -2.68. The maximum Gasteiger partial charge on any atom is 0.417 e. The number of alkyl halides is 3. The highest BCUT2D eigenvalue weighted by Gasteiger charge is 2.38. The molecule has 1 aliphatic heterocycles. The van der Waals surface area contributed by atoms with Gasteiger partial charge in [0.15, 0.2) is 5.78 Å². The third-order valence-electron chi connectivity index (χ3n) is 6.28. The number of allylic oxidation sites excluding steroid dienone is 1. The molecule has 0 bridgehead atoms. The van der Waals surface area contributed by atoms with Gasteiger partial charge in [0.2, 0.25) is 5.88 Å². The lowest BCUT2D eigenvalue weighted by atomic mass is 9.73. The Hall–Kier alpha value is -3.52. The fourth-order valence-corrected chi connectivity index (χ4v) is 4.84. The van der Waals surface area contributed by atoms with Crippen molar-refractivity contribution >= 4 is 28.8 Å². The molecule has 9 heteroatoms. The van der Waals surface area contributed by atoms with Gasteiger partial charge in [0.1, 0.15) is 10.8 Å². The Kier molecular flexibility index (Phi) is 5.95. The second-order valence-electron chi connectivity index (χ2n) is 9.76. The molecule has 0 spiro atoms. The van der Waals surface area contributed by atoms with Crippen LogP contribution in [0.1, 0.15) is 43.9 Å². The van der Waals surface area contributed by atoms with Crippen LogP contribution in [0.2, 0.25) is 5.02 Å². The average molecular weight is 514 g/mol. The number of para-hydroxylation sites is 2. The number of hydrogen-bond donors (Lipinski definition) is 2. The molecule has 0 amide bonds. The van der Waals surface area contributed by atoms with E-state index in [2.05, 4.69) is 29.5 Å². The number of carbonyl (C=O) groups is 1. The quantitative estimate of drug-likeness (QED) is 0.374. The molecule has 5 nitrogen and oxygen atoms in total. The van der Waals surface area contributed by atoms with E-state index in [0.717, 1.165) is 35.1 Å². The summed E-state index contributed by atoms with van der Waals surface area (Å²) in [6.45, 7) is 4.17. The van der Waals surface area contributed by atoms with Crippen molar-refractivity contribution < 1.29 is 22.7 Å². The van der Waals surface area contributed by atoms with Gasteiger partial charge in [0, 0.05) is 23.9 Å². The molecule has 5 rings (SSSR count). The van der Waals surface area contributed by atoms with Crippen LogP contribution in [0.15, 0.2) is 72.1 Å². The van der Waals surface area contributed by atoms with Crippen LogP contribution in [0, 0.1) is 5.41 Å². The van der Waals surface area contributed by atoms with Crippen LogP contribution in [0.4, 0.5) is 24.5 Å². The summed E-state index contributed by atoms with van der Waals surface area (Å²) in [6, 6.07) is 15.2. The van der Waals surface area contributed by atoms with Crippen LogP contribution in [-0.4, -0.2) is 10.8 Å². The minimum Gasteiger partial charge on any atom is -0.438 e. The van der Waals surface area contributed by atoms with Crippen molar-refractivity contribution in [2.24, 2.45) is 5.41 Å². The number of anilines is 2. The minimum atomic E-state index is -4.55. The largest absolute Gasteiger partial charge is 0.438 e. The summed E-state index contributed by atoms with van der Waals surface area (Å²) in [5.74, 6) is 0.309. The van der Waals surface area contributed by atoms with E-state index in [-0.39, 0.29) is 28.1 Å². The van der Waals surface area contributed by atoms with Crippen LogP contribution < -0.4 is 15.4 Å². The molecule has 36 heavy (non-hydrogen) atoms. The molecule has 2 heterocycles. The van der Waals surface area contributed by atoms with Gasteiger partial charge in [0.05, 0.1) is 23.0 Å². The maximum absolute atomic E-state index is 13.3. The van der Waals surface area contributed by atoms with Crippen molar-refractivity contribution in [3.63, 3.8) is 0 Å². The summed E-state index contributed by atoms with van der Waals surface area (Å²) in [7, 11) is 0. The van der Waals surface area contributed by atoms with Crippen molar-refractivity contribution in [1.29, 1.82) is 0 Å². The second-order valence-corrected chi connectivity index (χ2v) is 10.2. The summed E-state index contributed by atoms with van der Waals surface area (Å²) in [4.78, 5) is 17.0. The molecular weight excluding hydrogens is 491 g/mol. The molecule has 0 fully saturated rings. The number of fused-ring (bicyclic) bond motifs is 1. The van der Waals surface area contributed by atoms with Gasteiger partial charge in [-0.05, 0) is 47.7 Å². The zero-order valence-electron chi connectivity index (χ0n) is 19.5. The summed E-state index contributed by atoms with van der Waals surface area (Å²) >= 11 is 5.97. The number of nitrogens with zero attached hydrogens (tertiary/aromatic N) is 1. The lowest BCUT2D eigenvalue weighted by Crippen LogP contribution is -2.31. The van der Waals surface area contributed by atoms with E-state index in [1.807, 2.05) is 36.4 Å². The van der Waals surface area contributed by atoms with E-state index in [0.29, 0.717) is 23.9 Å². The molecule has 186 valence electrons. The Morgan fingerprint density at radius 2 is 1.75 bits per heavy atom. The number of benzene rings is 2. The van der Waals surface area contributed by atoms with Crippen LogP contribution in [0.25, 0.3) is 0 Å². The van der Waals surface area contributed by atoms with Crippen LogP contribution in [-0.2, 0) is 11.0 Å². The van der Waals surface area contributed by atoms with E-state index in [4.69, 9.17) is 16.3 Å². The first-order valence-corrected chi connectivity index (χ1v) is 11.8. The number of halogens is 4. The summed E-state index contributed by atoms with van der Waals surface area (Å²) in [5.41, 5.74) is 3.12. The topological polar surface area (TPSA) is 63.2 Å². The Labute approximate surface area is 211 Å². The van der Waals surface area contributed by atoms with Crippen molar-refractivity contribution in [3.8, 4) is 11.6 Å². The van der Waals surface area contributed by atoms with E-state index >= 15 is 0 Å². The number of rotatable bonds is 3. The van der Waals surface area contributed by atoms with Gasteiger partial charge in [0.25, 0.3) is 0 Å². The Morgan fingerprint density at radius 1 is 1.06 bits per heavy atom. The lowest BCUT2D eigenvalue weighted by Gasteiger charge is -2.34. The summed E-state index contributed by atoms with van der Waals surface area (Å²) < 4.78 is 44.3. The fraction of sp³-hybridized carbons (Fsp3) is 0.259. The zero-order valence-corrected chi connectivity index (χ0v) is 20.3. The molecule has 1 aliphatic carbocycles. The SMILES string of the molecule is CC1(C)CC(=O)C2=C(C1)Nc1ccccc1NC2c1ccc(Oc2ncc(C(F)(F)F)cc2Cl)cc1. The highest BCUT2D eigenvalue weighted by molar-refractivity contribution is 6.31. The second kappa shape index (κ2) is 8.85. The number of ether oxygens (including phenoxy) is 1. The number of ketones is 1. The molecule has 0 radical (unpaired) electrons. The van der Waals surface area contributed by atoms with Crippen molar-refractivity contribution in [1.82, 2.24) is 4.98 Å². The van der Waals surface area contributed by atoms with Crippen molar-refractivity contribution in [2.75, 3.05) is 10.6 Å². The Balaban J connectivity index is 1.46. The first kappa shape index (κ1) is 24.2. The molecular formula is C27H23ClF3N3O2. The van der Waals surface area contributed by atoms with E-state index in [9.17, 15) is 18.0 Å². The smallest absolute Gasteiger partial charge is 0.417 e. The van der Waals surface area contributed by atoms with Gasteiger partial charge in [-0.3, -0.25) is 4.79 Å². The fourth-order valence-electron chi connectivity index (χ4n) is 4.63. The number of hydrogen-bond acceptors (Lipinski definition) is 5. The molecule has 2 aliphatic rings. The molecule has 3 aromatic rings. The normalized spacial score (nSPS) is 18.9. The first-order chi connectivity index (χ1) is 17.0. The lowest BCUT2D eigenvalue weighted by molar-refractivity contribution is -0.137. The van der Waals surface area contributed by atoms with Crippen LogP contribution >= 0.6 is 11.6 Å². The Morgan fingerprint density at radius 3 is 2.42 bits per heavy atom. The molecule has 1 aromatic heterocycles. The van der Waals surface area contributed by atoms with Crippen LogP contribution in [0.5, 0.6) is 11.6 Å². The highest BCUT2D eigenvalue weighted by atomic mass is 35.5. The van der Waals surface area contributed by atoms with E-state index in [1.165, 1.54) is 0 Å². The number of aromatic nitrogens is 1. The third-order valence-corrected chi connectivity index (χ3v) is 6.55. The Bertz CT molecular complexity index is 1370. The van der Waals surface area contributed by atoms with E-state index < -0.39 is 11.7 Å². The number of pyridine rings is 1. The van der Waals surface area contributed by atoms with Gasteiger partial charge >= 0.3 is 6.18 Å².